The number of benzene rings is 18. The van der Waals surface area contributed by atoms with Gasteiger partial charge < -0.3 is 18.9 Å². The second-order valence-corrected chi connectivity index (χ2v) is 33.8. The third-order valence-corrected chi connectivity index (χ3v) is 26.4. The lowest BCUT2D eigenvalue weighted by Crippen LogP contribution is -2.29. The largest absolute Gasteiger partial charge is 0.488 e. The first-order valence-electron chi connectivity index (χ1n) is 42.9. The second kappa shape index (κ2) is 30.8. The van der Waals surface area contributed by atoms with E-state index in [0.29, 0.717) is 40.4 Å². The first kappa shape index (κ1) is 75.8. The molecule has 0 saturated carbocycles. The fourth-order valence-corrected chi connectivity index (χ4v) is 20.7. The molecule has 4 heterocycles. The Morgan fingerprint density at radius 2 is 0.477 bits per heavy atom. The molecule has 0 aliphatic heterocycles. The highest BCUT2D eigenvalue weighted by atomic mass is 79.9. The van der Waals surface area contributed by atoms with Crippen LogP contribution in [0.25, 0.3) is 190 Å². The summed E-state index contributed by atoms with van der Waals surface area (Å²) in [5.74, 6) is 3.74. The number of furan rings is 2. The van der Waals surface area contributed by atoms with E-state index in [9.17, 15) is 10.0 Å². The second-order valence-electron chi connectivity index (χ2n) is 32.9. The van der Waals surface area contributed by atoms with E-state index < -0.39 is 7.12 Å². The molecular formula is C116H72BBrN6O4. The molecule has 0 amide bonds. The maximum absolute atomic E-state index is 9.71. The van der Waals surface area contributed by atoms with E-state index in [1.807, 2.05) is 182 Å². The Labute approximate surface area is 746 Å². The Balaban J connectivity index is 0.000000117. The van der Waals surface area contributed by atoms with Crippen molar-refractivity contribution in [3.63, 3.8) is 0 Å². The van der Waals surface area contributed by atoms with Crippen molar-refractivity contribution in [1.82, 2.24) is 29.9 Å². The summed E-state index contributed by atoms with van der Waals surface area (Å²) in [5.41, 5.74) is 36.1. The highest BCUT2D eigenvalue weighted by Crippen LogP contribution is 2.65. The normalized spacial score (nSPS) is 12.8. The number of hydrogen-bond donors (Lipinski definition) is 2. The smallest absolute Gasteiger partial charge is 0.456 e. The predicted octanol–water partition coefficient (Wildman–Crippen LogP) is 27.4. The quantitative estimate of drug-likeness (QED) is 0.127. The molecular weight excluding hydrogens is 1630 g/mol. The minimum Gasteiger partial charge on any atom is -0.456 e. The maximum atomic E-state index is 9.71. The molecule has 0 bridgehead atoms. The third-order valence-electron chi connectivity index (χ3n) is 25.9. The molecule has 0 saturated heterocycles. The van der Waals surface area contributed by atoms with Crippen molar-refractivity contribution in [1.29, 1.82) is 0 Å². The van der Waals surface area contributed by atoms with Crippen LogP contribution in [0.2, 0.25) is 0 Å². The van der Waals surface area contributed by atoms with Crippen LogP contribution in [-0.2, 0) is 10.8 Å². The topological polar surface area (TPSA) is 144 Å². The molecule has 128 heavy (non-hydrogen) atoms. The zero-order valence-electron chi connectivity index (χ0n) is 68.8. The molecule has 4 aliphatic carbocycles. The van der Waals surface area contributed by atoms with Gasteiger partial charge in [-0.2, -0.15) is 0 Å². The minimum absolute atomic E-state index is 0.372. The summed E-state index contributed by atoms with van der Waals surface area (Å²) in [6.07, 6.45) is 0. The molecule has 10 nitrogen and oxygen atoms in total. The van der Waals surface area contributed by atoms with Gasteiger partial charge >= 0.3 is 7.12 Å². The van der Waals surface area contributed by atoms with Gasteiger partial charge in [-0.25, -0.2) is 29.9 Å². The summed E-state index contributed by atoms with van der Waals surface area (Å²) in [7, 11) is -1.49. The Bertz CT molecular complexity index is 7980. The summed E-state index contributed by atoms with van der Waals surface area (Å²) >= 11 is 3.59. The first-order chi connectivity index (χ1) is 63.2. The molecule has 12 heteroatoms. The summed E-state index contributed by atoms with van der Waals surface area (Å²) in [6.45, 7) is 0. The van der Waals surface area contributed by atoms with Crippen LogP contribution in [0, 0.1) is 0 Å². The lowest BCUT2D eigenvalue weighted by Gasteiger charge is -2.30. The number of rotatable bonds is 10. The molecule has 22 aromatic rings. The lowest BCUT2D eigenvalue weighted by atomic mass is 9.70. The minimum atomic E-state index is -1.49. The van der Waals surface area contributed by atoms with Crippen LogP contribution in [-0.4, -0.2) is 47.1 Å². The van der Waals surface area contributed by atoms with Gasteiger partial charge in [0.05, 0.1) is 10.8 Å². The summed E-state index contributed by atoms with van der Waals surface area (Å²) < 4.78 is 13.6. The average molecular weight is 1700 g/mol. The summed E-state index contributed by atoms with van der Waals surface area (Å²) in [5, 5.41) is 23.4. The van der Waals surface area contributed by atoms with Crippen LogP contribution in [0.15, 0.2) is 438 Å². The molecule has 0 fully saturated rings. The Hall–Kier alpha value is -16.0. The van der Waals surface area contributed by atoms with Gasteiger partial charge in [-0.1, -0.05) is 380 Å². The van der Waals surface area contributed by atoms with Crippen LogP contribution in [0.3, 0.4) is 0 Å². The first-order valence-corrected chi connectivity index (χ1v) is 43.7. The van der Waals surface area contributed by atoms with E-state index >= 15 is 0 Å². The van der Waals surface area contributed by atoms with E-state index in [1.54, 1.807) is 6.07 Å². The summed E-state index contributed by atoms with van der Waals surface area (Å²) in [4.78, 5) is 29.7. The SMILES string of the molecule is Brc1ccc2oc3cccc(-c4nc(-c5ccccc5)nc(-c5ccccc5)n4)c3c2c1.OB(O)c1cccc(-c2ccc3c(c2)C2(c4ccccc4-c4ccccc42)c2ccccc2-3)c1.c1ccc(-c2nc(-c3ccccc3)nc(-c3cccc4oc5ccc(-c6cccc(-c7ccc8c(c7)C7(c9ccccc9-c9ccccc97)c7ccccc7-8)c6)cc5c34)n2)cc1. The zero-order chi connectivity index (χ0) is 85.1. The van der Waals surface area contributed by atoms with Crippen molar-refractivity contribution in [3.8, 4) is 146 Å². The van der Waals surface area contributed by atoms with E-state index in [4.69, 9.17) is 38.7 Å². The van der Waals surface area contributed by atoms with E-state index in [2.05, 4.69) is 253 Å². The van der Waals surface area contributed by atoms with Crippen molar-refractivity contribution in [3.05, 3.63) is 474 Å². The fourth-order valence-electron chi connectivity index (χ4n) is 20.3. The van der Waals surface area contributed by atoms with Crippen molar-refractivity contribution in [2.75, 3.05) is 0 Å². The molecule has 600 valence electrons. The van der Waals surface area contributed by atoms with Crippen molar-refractivity contribution < 1.29 is 18.9 Å². The van der Waals surface area contributed by atoms with Crippen LogP contribution in [0.5, 0.6) is 0 Å². The predicted molar refractivity (Wildman–Crippen MR) is 520 cm³/mol. The van der Waals surface area contributed by atoms with Gasteiger partial charge in [0.1, 0.15) is 22.3 Å². The fraction of sp³-hybridized carbons (Fsp3) is 0.0172. The molecule has 4 aliphatic rings. The molecule has 2 N–H and O–H groups in total. The van der Waals surface area contributed by atoms with Crippen LogP contribution in [0.4, 0.5) is 0 Å². The van der Waals surface area contributed by atoms with Gasteiger partial charge in [-0.05, 0) is 189 Å². The Morgan fingerprint density at radius 3 is 0.852 bits per heavy atom. The number of nitrogens with zero attached hydrogens (tertiary/aromatic N) is 6. The van der Waals surface area contributed by atoms with Gasteiger partial charge in [0.15, 0.2) is 34.9 Å². The molecule has 0 radical (unpaired) electrons. The van der Waals surface area contributed by atoms with Crippen molar-refractivity contribution in [2.24, 2.45) is 0 Å². The Morgan fingerprint density at radius 1 is 0.203 bits per heavy atom. The number of aromatic nitrogens is 6. The average Bonchev–Trinajstić information content (AvgIpc) is 1.51. The molecule has 26 rings (SSSR count). The van der Waals surface area contributed by atoms with Gasteiger partial charge in [0, 0.05) is 59.4 Å². The maximum Gasteiger partial charge on any atom is 0.488 e. The van der Waals surface area contributed by atoms with Crippen molar-refractivity contribution in [2.45, 2.75) is 10.8 Å². The van der Waals surface area contributed by atoms with Crippen LogP contribution >= 0.6 is 15.9 Å². The molecule has 0 unspecified atom stereocenters. The van der Waals surface area contributed by atoms with Crippen LogP contribution in [0.1, 0.15) is 44.5 Å². The van der Waals surface area contributed by atoms with Crippen molar-refractivity contribution >= 4 is 72.4 Å². The number of halogens is 1. The zero-order valence-corrected chi connectivity index (χ0v) is 70.4. The standard InChI is InChI=1S/C58H35N3O.C31H21BO2.C27H16BrN3O/c1-3-15-36(16-4-1)55-59-56(37-17-5-2-6-18-37)61-57(60-55)46-24-14-28-53-54(46)47-34-40(30-32-52(47)62-53)38-19-13-20-39(33-38)41-29-31-45-44-23-9-12-27-50(44)58(51(45)35-41)48-25-10-7-21-42(48)43-22-8-11-26-49(43)58;33-32(34)22-9-7-8-20(18-22)21-16-17-26-25-12-3-6-15-29(25)31(30(26)19-21)27-13-4-1-10-23(27)24-11-2-5-14-28(24)31;28-19-14-15-22-21(16-19)24-20(12-7-13-23(24)32-22)27-30-25(17-8-3-1-4-9-17)29-26(31-27)18-10-5-2-6-11-18/h1-35H;1-19,33-34H;1-16H. The van der Waals surface area contributed by atoms with E-state index in [-0.39, 0.29) is 10.8 Å². The van der Waals surface area contributed by atoms with Gasteiger partial charge in [-0.15, -0.1) is 0 Å². The summed E-state index contributed by atoms with van der Waals surface area (Å²) in [6, 6.07) is 148. The van der Waals surface area contributed by atoms with E-state index in [1.165, 1.54) is 100 Å². The Kier molecular flexibility index (Phi) is 18.2. The molecule has 2 spiro atoms. The monoisotopic (exact) mass is 1700 g/mol. The van der Waals surface area contributed by atoms with E-state index in [0.717, 1.165) is 104 Å². The number of fused-ring (bicyclic) bond motifs is 26. The highest BCUT2D eigenvalue weighted by molar-refractivity contribution is 9.10. The third kappa shape index (κ3) is 12.3. The lowest BCUT2D eigenvalue weighted by molar-refractivity contribution is 0.426. The highest BCUT2D eigenvalue weighted by Gasteiger charge is 2.53. The van der Waals surface area contributed by atoms with Crippen LogP contribution < -0.4 is 5.46 Å². The molecule has 0 atom stereocenters. The van der Waals surface area contributed by atoms with Gasteiger partial charge in [-0.3, -0.25) is 0 Å². The number of hydrogen-bond acceptors (Lipinski definition) is 10. The van der Waals surface area contributed by atoms with Gasteiger partial charge in [0.2, 0.25) is 0 Å². The molecule has 4 aromatic heterocycles. The van der Waals surface area contributed by atoms with Gasteiger partial charge in [0.25, 0.3) is 0 Å². The molecule has 18 aromatic carbocycles.